The van der Waals surface area contributed by atoms with Crippen molar-refractivity contribution in [3.63, 3.8) is 0 Å². The van der Waals surface area contributed by atoms with E-state index in [1.165, 1.54) is 65.0 Å². The van der Waals surface area contributed by atoms with Gasteiger partial charge in [-0.3, -0.25) is 14.9 Å². The predicted octanol–water partition coefficient (Wildman–Crippen LogP) is 4.63. The monoisotopic (exact) mass is 484 g/mol. The van der Waals surface area contributed by atoms with Crippen molar-refractivity contribution in [3.8, 4) is 0 Å². The molecule has 2 heterocycles. The highest BCUT2D eigenvalue weighted by molar-refractivity contribution is 7.99. The minimum atomic E-state index is -0.540. The first kappa shape index (κ1) is 22.6. The van der Waals surface area contributed by atoms with Crippen molar-refractivity contribution in [2.45, 2.75) is 23.5 Å². The minimum Gasteiger partial charge on any atom is -0.311 e. The van der Waals surface area contributed by atoms with E-state index in [-0.39, 0.29) is 17.8 Å². The minimum absolute atomic E-state index is 0.125. The van der Waals surface area contributed by atoms with Crippen LogP contribution in [0.15, 0.2) is 64.2 Å². The molecule has 0 aliphatic rings. The SMILES string of the molecule is Cc1nc(CN(C(=O)c2ccc(Sc3nncn3C)c([N+](=O)[O-])c2)c2ccc(F)cc2)cs1. The number of amides is 1. The number of nitro groups is 1. The van der Waals surface area contributed by atoms with Gasteiger partial charge in [-0.25, -0.2) is 9.37 Å². The molecular formula is C21H17FN6O3S2. The zero-order valence-electron chi connectivity index (χ0n) is 17.5. The molecule has 0 spiro atoms. The Morgan fingerprint density at radius 2 is 2.03 bits per heavy atom. The summed E-state index contributed by atoms with van der Waals surface area (Å²) < 4.78 is 15.1. The average molecular weight is 485 g/mol. The first-order chi connectivity index (χ1) is 15.8. The first-order valence-corrected chi connectivity index (χ1v) is 11.3. The first-order valence-electron chi connectivity index (χ1n) is 9.60. The Morgan fingerprint density at radius 3 is 2.64 bits per heavy atom. The lowest BCUT2D eigenvalue weighted by Crippen LogP contribution is -2.30. The Kier molecular flexibility index (Phi) is 6.47. The maximum absolute atomic E-state index is 13.5. The molecule has 0 saturated heterocycles. The molecule has 0 bridgehead atoms. The van der Waals surface area contributed by atoms with Crippen molar-refractivity contribution in [3.05, 3.63) is 86.4 Å². The molecule has 0 atom stereocenters. The van der Waals surface area contributed by atoms with Crippen molar-refractivity contribution in [2.75, 3.05) is 4.90 Å². The van der Waals surface area contributed by atoms with Crippen LogP contribution in [-0.4, -0.2) is 30.6 Å². The van der Waals surface area contributed by atoms with Crippen LogP contribution in [0.5, 0.6) is 0 Å². The van der Waals surface area contributed by atoms with E-state index in [0.717, 1.165) is 16.8 Å². The zero-order chi connectivity index (χ0) is 23.5. The number of nitrogens with zero attached hydrogens (tertiary/aromatic N) is 6. The zero-order valence-corrected chi connectivity index (χ0v) is 19.1. The maximum atomic E-state index is 13.5. The smallest absolute Gasteiger partial charge is 0.284 e. The number of nitro benzene ring substituents is 1. The van der Waals surface area contributed by atoms with Gasteiger partial charge in [-0.1, -0.05) is 0 Å². The fourth-order valence-corrected chi connectivity index (χ4v) is 4.50. The Balaban J connectivity index is 1.70. The number of thiazole rings is 1. The fourth-order valence-electron chi connectivity index (χ4n) is 3.04. The van der Waals surface area contributed by atoms with Gasteiger partial charge in [0.25, 0.3) is 11.6 Å². The van der Waals surface area contributed by atoms with E-state index in [4.69, 9.17) is 0 Å². The normalized spacial score (nSPS) is 10.9. The second kappa shape index (κ2) is 9.46. The molecule has 4 rings (SSSR count). The van der Waals surface area contributed by atoms with Gasteiger partial charge in [-0.2, -0.15) is 0 Å². The predicted molar refractivity (Wildman–Crippen MR) is 122 cm³/mol. The summed E-state index contributed by atoms with van der Waals surface area (Å²) in [6, 6.07) is 9.76. The van der Waals surface area contributed by atoms with Crippen molar-refractivity contribution in [1.82, 2.24) is 19.7 Å². The van der Waals surface area contributed by atoms with Crippen LogP contribution in [0.2, 0.25) is 0 Å². The summed E-state index contributed by atoms with van der Waals surface area (Å²) in [5.41, 5.74) is 1.02. The molecule has 0 aliphatic carbocycles. The van der Waals surface area contributed by atoms with Gasteiger partial charge < -0.3 is 9.47 Å². The molecule has 2 aromatic heterocycles. The molecule has 2 aromatic carbocycles. The van der Waals surface area contributed by atoms with Crippen molar-refractivity contribution < 1.29 is 14.1 Å². The molecule has 1 amide bonds. The van der Waals surface area contributed by atoms with Crippen LogP contribution in [0.1, 0.15) is 21.1 Å². The fraction of sp³-hybridized carbons (Fsp3) is 0.143. The third kappa shape index (κ3) is 5.07. The van der Waals surface area contributed by atoms with E-state index in [9.17, 15) is 19.3 Å². The number of rotatable bonds is 7. The van der Waals surface area contributed by atoms with Gasteiger partial charge in [0.2, 0.25) is 0 Å². The number of carbonyl (C=O) groups excluding carboxylic acids is 1. The number of hydrogen-bond donors (Lipinski definition) is 0. The third-order valence-corrected chi connectivity index (χ3v) is 6.58. The van der Waals surface area contributed by atoms with Gasteiger partial charge in [-0.15, -0.1) is 21.5 Å². The quantitative estimate of drug-likeness (QED) is 0.278. The van der Waals surface area contributed by atoms with E-state index >= 15 is 0 Å². The second-order valence-electron chi connectivity index (χ2n) is 6.99. The number of halogens is 1. The van der Waals surface area contributed by atoms with E-state index < -0.39 is 16.6 Å². The summed E-state index contributed by atoms with van der Waals surface area (Å²) in [6.07, 6.45) is 1.49. The highest BCUT2D eigenvalue weighted by Crippen LogP contribution is 2.35. The molecule has 9 nitrogen and oxygen atoms in total. The summed E-state index contributed by atoms with van der Waals surface area (Å²) in [5.74, 6) is -0.901. The highest BCUT2D eigenvalue weighted by atomic mass is 32.2. The molecule has 4 aromatic rings. The summed E-state index contributed by atoms with van der Waals surface area (Å²) in [6.45, 7) is 1.99. The van der Waals surface area contributed by atoms with Gasteiger partial charge in [0.15, 0.2) is 5.16 Å². The van der Waals surface area contributed by atoms with Crippen LogP contribution in [0.4, 0.5) is 15.8 Å². The number of hydrogen-bond acceptors (Lipinski definition) is 8. The average Bonchev–Trinajstić information content (AvgIpc) is 3.40. The number of carbonyl (C=O) groups is 1. The molecule has 0 fully saturated rings. The van der Waals surface area contributed by atoms with Crippen LogP contribution >= 0.6 is 23.1 Å². The Labute approximate surface area is 196 Å². The highest BCUT2D eigenvalue weighted by Gasteiger charge is 2.24. The molecule has 168 valence electrons. The third-order valence-electron chi connectivity index (χ3n) is 4.64. The maximum Gasteiger partial charge on any atom is 0.284 e. The number of aryl methyl sites for hydroxylation is 2. The molecule has 12 heteroatoms. The topological polar surface area (TPSA) is 107 Å². The van der Waals surface area contributed by atoms with Gasteiger partial charge in [0.05, 0.1) is 27.1 Å². The molecule has 0 aliphatic heterocycles. The molecule has 33 heavy (non-hydrogen) atoms. The number of benzene rings is 2. The summed E-state index contributed by atoms with van der Waals surface area (Å²) >= 11 is 2.53. The van der Waals surface area contributed by atoms with Gasteiger partial charge in [-0.05, 0) is 55.1 Å². The van der Waals surface area contributed by atoms with Crippen LogP contribution in [0.3, 0.4) is 0 Å². The number of anilines is 1. The largest absolute Gasteiger partial charge is 0.311 e. The van der Waals surface area contributed by atoms with Crippen molar-refractivity contribution >= 4 is 40.4 Å². The lowest BCUT2D eigenvalue weighted by molar-refractivity contribution is -0.387. The van der Waals surface area contributed by atoms with Crippen molar-refractivity contribution in [2.24, 2.45) is 7.05 Å². The summed E-state index contributed by atoms with van der Waals surface area (Å²) in [7, 11) is 1.73. The Hall–Kier alpha value is -3.64. The standard InChI is InChI=1S/C21H17FN6O3S2/c1-13-24-16(11-32-13)10-27(17-6-4-15(22)5-7-17)20(29)14-3-8-19(18(9-14)28(30)31)33-21-25-23-12-26(21)2/h3-9,11-12H,10H2,1-2H3. The van der Waals surface area contributed by atoms with E-state index in [0.29, 0.717) is 21.4 Å². The van der Waals surface area contributed by atoms with Crippen LogP contribution in [0.25, 0.3) is 0 Å². The van der Waals surface area contributed by atoms with E-state index in [1.807, 2.05) is 12.3 Å². The van der Waals surface area contributed by atoms with Crippen molar-refractivity contribution in [1.29, 1.82) is 0 Å². The van der Waals surface area contributed by atoms with Gasteiger partial charge >= 0.3 is 0 Å². The van der Waals surface area contributed by atoms with E-state index in [2.05, 4.69) is 15.2 Å². The van der Waals surface area contributed by atoms with Crippen LogP contribution in [-0.2, 0) is 13.6 Å². The molecular weight excluding hydrogens is 467 g/mol. The van der Waals surface area contributed by atoms with Crippen LogP contribution in [0, 0.1) is 22.9 Å². The summed E-state index contributed by atoms with van der Waals surface area (Å²) in [5, 5.41) is 22.6. The Bertz CT molecular complexity index is 1320. The Morgan fingerprint density at radius 1 is 1.27 bits per heavy atom. The second-order valence-corrected chi connectivity index (χ2v) is 9.06. The summed E-state index contributed by atoms with van der Waals surface area (Å²) in [4.78, 5) is 30.8. The van der Waals surface area contributed by atoms with Gasteiger partial charge in [0.1, 0.15) is 12.1 Å². The lowest BCUT2D eigenvalue weighted by Gasteiger charge is -2.22. The van der Waals surface area contributed by atoms with Gasteiger partial charge in [0, 0.05) is 29.7 Å². The molecule has 0 unspecified atom stereocenters. The lowest BCUT2D eigenvalue weighted by atomic mass is 10.1. The van der Waals surface area contributed by atoms with E-state index in [1.54, 1.807) is 11.6 Å². The number of aromatic nitrogens is 4. The molecule has 0 saturated carbocycles. The van der Waals surface area contributed by atoms with Crippen LogP contribution < -0.4 is 4.90 Å². The molecule has 0 radical (unpaired) electrons. The molecule has 0 N–H and O–H groups in total.